The Labute approximate surface area is 128 Å². The monoisotopic (exact) mass is 304 g/mol. The average molecular weight is 304 g/mol. The van der Waals surface area contributed by atoms with Gasteiger partial charge in [0.05, 0.1) is 6.61 Å². The van der Waals surface area contributed by atoms with Crippen molar-refractivity contribution in [3.05, 3.63) is 0 Å². The van der Waals surface area contributed by atoms with E-state index in [0.29, 0.717) is 30.5 Å². The van der Waals surface area contributed by atoms with Crippen LogP contribution in [0.3, 0.4) is 0 Å². The number of rotatable bonds is 5. The average Bonchev–Trinajstić information content (AvgIpc) is 3.10. The molecule has 118 valence electrons. The minimum absolute atomic E-state index is 0.436. The van der Waals surface area contributed by atoms with Crippen LogP contribution in [0.5, 0.6) is 0 Å². The van der Waals surface area contributed by atoms with Gasteiger partial charge in [-0.2, -0.15) is 0 Å². The summed E-state index contributed by atoms with van der Waals surface area (Å²) in [7, 11) is 1.68. The third-order valence-electron chi connectivity index (χ3n) is 4.62. The summed E-state index contributed by atoms with van der Waals surface area (Å²) in [5, 5.41) is 10.9. The number of methoxy groups -OCH3 is 1. The molecule has 0 aromatic carbocycles. The van der Waals surface area contributed by atoms with Crippen molar-refractivity contribution >= 4 is 22.9 Å². The number of ether oxygens (including phenoxy) is 1. The molecule has 1 saturated heterocycles. The minimum atomic E-state index is 0.436. The Morgan fingerprint density at radius 1 is 1.27 bits per heavy atom. The van der Waals surface area contributed by atoms with Gasteiger partial charge < -0.3 is 15.0 Å². The van der Waals surface area contributed by atoms with Crippen molar-refractivity contribution in [3.8, 4) is 0 Å². The third-order valence-corrected chi connectivity index (χ3v) is 4.62. The van der Waals surface area contributed by atoms with Gasteiger partial charge in [-0.25, -0.2) is 14.6 Å². The molecule has 2 aromatic heterocycles. The van der Waals surface area contributed by atoms with Crippen LogP contribution in [-0.4, -0.2) is 53.1 Å². The summed E-state index contributed by atoms with van der Waals surface area (Å²) in [6, 6.07) is 0.563. The molecular formula is C14H20N6O2. The first-order valence-corrected chi connectivity index (χ1v) is 7.85. The van der Waals surface area contributed by atoms with Crippen LogP contribution in [0.15, 0.2) is 4.63 Å². The zero-order chi connectivity index (χ0) is 14.9. The van der Waals surface area contributed by atoms with Crippen LogP contribution in [0.1, 0.15) is 25.7 Å². The molecule has 2 aromatic rings. The summed E-state index contributed by atoms with van der Waals surface area (Å²) >= 11 is 0. The van der Waals surface area contributed by atoms with Crippen LogP contribution >= 0.6 is 0 Å². The summed E-state index contributed by atoms with van der Waals surface area (Å²) in [6.07, 6.45) is 5.11. The molecule has 2 fully saturated rings. The zero-order valence-electron chi connectivity index (χ0n) is 12.7. The van der Waals surface area contributed by atoms with Gasteiger partial charge >= 0.3 is 0 Å². The SMILES string of the molecule is COCCNc1nc2nonc2nc1N1C[C@@H]2CCC[C@H]1C2. The summed E-state index contributed by atoms with van der Waals surface area (Å²) in [5.74, 6) is 2.39. The summed E-state index contributed by atoms with van der Waals surface area (Å²) in [4.78, 5) is 11.6. The molecule has 0 spiro atoms. The van der Waals surface area contributed by atoms with E-state index in [0.717, 1.165) is 24.1 Å². The second kappa shape index (κ2) is 5.68. The van der Waals surface area contributed by atoms with Crippen molar-refractivity contribution in [3.63, 3.8) is 0 Å². The van der Waals surface area contributed by atoms with E-state index in [1.54, 1.807) is 7.11 Å². The Hall–Kier alpha value is -1.96. The number of anilines is 2. The molecule has 2 atom stereocenters. The maximum absolute atomic E-state index is 5.10. The fourth-order valence-electron chi connectivity index (χ4n) is 3.62. The molecule has 1 N–H and O–H groups in total. The maximum atomic E-state index is 5.10. The standard InChI is InChI=1S/C14H20N6O2/c1-21-6-5-15-13-14(17-12-11(16-13)18-22-19-12)20-8-9-3-2-4-10(20)7-9/h9-10H,2-8H2,1H3,(H,15,16,18)/t9-,10+/m1/s1. The summed E-state index contributed by atoms with van der Waals surface area (Å²) in [6.45, 7) is 2.34. The van der Waals surface area contributed by atoms with E-state index >= 15 is 0 Å². The van der Waals surface area contributed by atoms with Gasteiger partial charge in [0, 0.05) is 26.2 Å². The number of nitrogens with zero attached hydrogens (tertiary/aromatic N) is 5. The second-order valence-corrected chi connectivity index (χ2v) is 6.07. The van der Waals surface area contributed by atoms with Gasteiger partial charge in [0.2, 0.25) is 11.3 Å². The summed E-state index contributed by atoms with van der Waals surface area (Å²) < 4.78 is 9.85. The number of aromatic nitrogens is 4. The zero-order valence-corrected chi connectivity index (χ0v) is 12.7. The van der Waals surface area contributed by atoms with Crippen LogP contribution in [0.2, 0.25) is 0 Å². The Balaban J connectivity index is 1.69. The van der Waals surface area contributed by atoms with Crippen molar-refractivity contribution < 1.29 is 9.37 Å². The highest BCUT2D eigenvalue weighted by molar-refractivity contribution is 5.74. The van der Waals surface area contributed by atoms with Gasteiger partial charge in [-0.15, -0.1) is 0 Å². The molecule has 22 heavy (non-hydrogen) atoms. The largest absolute Gasteiger partial charge is 0.383 e. The quantitative estimate of drug-likeness (QED) is 0.830. The van der Waals surface area contributed by atoms with Gasteiger partial charge in [-0.1, -0.05) is 6.42 Å². The molecule has 0 radical (unpaired) electrons. The Kier molecular flexibility index (Phi) is 3.53. The highest BCUT2D eigenvalue weighted by Crippen LogP contribution is 2.39. The molecule has 8 nitrogen and oxygen atoms in total. The minimum Gasteiger partial charge on any atom is -0.383 e. The lowest BCUT2D eigenvalue weighted by molar-refractivity contribution is 0.210. The van der Waals surface area contributed by atoms with Crippen molar-refractivity contribution in [1.29, 1.82) is 0 Å². The fraction of sp³-hybridized carbons (Fsp3) is 0.714. The van der Waals surface area contributed by atoms with E-state index in [1.165, 1.54) is 25.7 Å². The molecule has 2 bridgehead atoms. The molecule has 1 aliphatic carbocycles. The fourth-order valence-corrected chi connectivity index (χ4v) is 3.62. The lowest BCUT2D eigenvalue weighted by atomic mass is 9.90. The predicted molar refractivity (Wildman–Crippen MR) is 80.9 cm³/mol. The highest BCUT2D eigenvalue weighted by Gasteiger charge is 2.37. The number of hydrogen-bond acceptors (Lipinski definition) is 8. The molecular weight excluding hydrogens is 284 g/mol. The molecule has 2 aliphatic rings. The first-order chi connectivity index (χ1) is 10.8. The van der Waals surface area contributed by atoms with E-state index in [9.17, 15) is 0 Å². The number of nitrogens with one attached hydrogen (secondary N) is 1. The Morgan fingerprint density at radius 3 is 2.95 bits per heavy atom. The molecule has 8 heteroatoms. The van der Waals surface area contributed by atoms with E-state index in [2.05, 4.69) is 30.5 Å². The Morgan fingerprint density at radius 2 is 2.14 bits per heavy atom. The van der Waals surface area contributed by atoms with Gasteiger partial charge in [-0.05, 0) is 35.5 Å². The smallest absolute Gasteiger partial charge is 0.245 e. The van der Waals surface area contributed by atoms with E-state index in [1.807, 2.05) is 0 Å². The van der Waals surface area contributed by atoms with Crippen LogP contribution < -0.4 is 10.2 Å². The maximum Gasteiger partial charge on any atom is 0.245 e. The molecule has 1 saturated carbocycles. The van der Waals surface area contributed by atoms with Crippen molar-refractivity contribution in [2.75, 3.05) is 37.0 Å². The van der Waals surface area contributed by atoms with Crippen LogP contribution in [0.4, 0.5) is 11.6 Å². The number of fused-ring (bicyclic) bond motifs is 3. The molecule has 0 unspecified atom stereocenters. The molecule has 4 rings (SSSR count). The Bertz CT molecular complexity index is 660. The van der Waals surface area contributed by atoms with Gasteiger partial charge in [0.15, 0.2) is 11.6 Å². The lowest BCUT2D eigenvalue weighted by Crippen LogP contribution is -2.30. The molecule has 0 amide bonds. The number of hydrogen-bond donors (Lipinski definition) is 1. The second-order valence-electron chi connectivity index (χ2n) is 6.07. The first kappa shape index (κ1) is 13.7. The highest BCUT2D eigenvalue weighted by atomic mass is 16.6. The predicted octanol–water partition coefficient (Wildman–Crippen LogP) is 1.45. The lowest BCUT2D eigenvalue weighted by Gasteiger charge is -2.26. The van der Waals surface area contributed by atoms with E-state index < -0.39 is 0 Å². The van der Waals surface area contributed by atoms with Crippen molar-refractivity contribution in [1.82, 2.24) is 20.3 Å². The molecule has 1 aliphatic heterocycles. The van der Waals surface area contributed by atoms with Crippen molar-refractivity contribution in [2.24, 2.45) is 5.92 Å². The first-order valence-electron chi connectivity index (χ1n) is 7.85. The normalized spacial score (nSPS) is 24.1. The summed E-state index contributed by atoms with van der Waals surface area (Å²) in [5.41, 5.74) is 0.902. The van der Waals surface area contributed by atoms with Crippen LogP contribution in [-0.2, 0) is 4.74 Å². The van der Waals surface area contributed by atoms with E-state index in [4.69, 9.17) is 9.37 Å². The van der Waals surface area contributed by atoms with Crippen LogP contribution in [0.25, 0.3) is 11.3 Å². The van der Waals surface area contributed by atoms with Crippen molar-refractivity contribution in [2.45, 2.75) is 31.7 Å². The van der Waals surface area contributed by atoms with E-state index in [-0.39, 0.29) is 0 Å². The van der Waals surface area contributed by atoms with Gasteiger partial charge in [0.1, 0.15) is 0 Å². The van der Waals surface area contributed by atoms with Gasteiger partial charge in [-0.3, -0.25) is 0 Å². The van der Waals surface area contributed by atoms with Gasteiger partial charge in [0.25, 0.3) is 0 Å². The molecule has 3 heterocycles. The topological polar surface area (TPSA) is 89.2 Å². The van der Waals surface area contributed by atoms with Crippen LogP contribution in [0, 0.1) is 5.92 Å². The third kappa shape index (κ3) is 2.37.